The van der Waals surface area contributed by atoms with Gasteiger partial charge >= 0.3 is 0 Å². The first-order chi connectivity index (χ1) is 8.48. The number of hydrogen-bond acceptors (Lipinski definition) is 5. The molecule has 0 unspecified atom stereocenters. The highest BCUT2D eigenvalue weighted by Crippen LogP contribution is 2.31. The maximum atomic E-state index is 5.49. The minimum Gasteiger partial charge on any atom is -0.494 e. The van der Waals surface area contributed by atoms with E-state index in [1.807, 2.05) is 19.1 Å². The number of nitrogens with zero attached hydrogens (tertiary/aromatic N) is 1. The molecule has 2 aromatic rings. The normalized spacial score (nSPS) is 12.0. The lowest BCUT2D eigenvalue weighted by Gasteiger charge is -2.17. The molecular formula is C13H18N2OS2. The second kappa shape index (κ2) is 5.47. The van der Waals surface area contributed by atoms with Crippen LogP contribution in [-0.2, 0) is 0 Å². The Kier molecular flexibility index (Phi) is 4.14. The molecule has 1 heterocycles. The van der Waals surface area contributed by atoms with Crippen molar-refractivity contribution in [1.82, 2.24) is 9.71 Å². The number of ether oxygens (including phenoxy) is 1. The molecule has 0 radical (unpaired) electrons. The topological polar surface area (TPSA) is 34.1 Å². The molecule has 1 aromatic carbocycles. The molecule has 0 amide bonds. The van der Waals surface area contributed by atoms with E-state index in [0.29, 0.717) is 6.61 Å². The van der Waals surface area contributed by atoms with Crippen LogP contribution >= 0.6 is 23.3 Å². The van der Waals surface area contributed by atoms with E-state index in [4.69, 9.17) is 4.74 Å². The maximum absolute atomic E-state index is 5.49. The zero-order chi connectivity index (χ0) is 13.2. The van der Waals surface area contributed by atoms with Gasteiger partial charge in [0, 0.05) is 5.54 Å². The molecule has 0 aliphatic heterocycles. The Labute approximate surface area is 116 Å². The van der Waals surface area contributed by atoms with Gasteiger partial charge in [-0.3, -0.25) is 4.72 Å². The summed E-state index contributed by atoms with van der Waals surface area (Å²) in [5.41, 5.74) is 1.11. The average Bonchev–Trinajstić information content (AvgIpc) is 2.68. The number of nitrogens with one attached hydrogen (secondary N) is 1. The zero-order valence-electron chi connectivity index (χ0n) is 11.1. The van der Waals surface area contributed by atoms with Crippen molar-refractivity contribution in [2.45, 2.75) is 37.6 Å². The van der Waals surface area contributed by atoms with E-state index < -0.39 is 0 Å². The third-order valence-corrected chi connectivity index (χ3v) is 4.39. The van der Waals surface area contributed by atoms with Gasteiger partial charge in [0.1, 0.15) is 5.75 Å². The van der Waals surface area contributed by atoms with E-state index in [0.717, 1.165) is 15.6 Å². The van der Waals surface area contributed by atoms with Crippen molar-refractivity contribution in [2.24, 2.45) is 0 Å². The number of fused-ring (bicyclic) bond motifs is 1. The van der Waals surface area contributed by atoms with Crippen molar-refractivity contribution in [3.63, 3.8) is 0 Å². The molecule has 98 valence electrons. The fraction of sp³-hybridized carbons (Fsp3) is 0.462. The second-order valence-electron chi connectivity index (χ2n) is 5.00. The van der Waals surface area contributed by atoms with Crippen LogP contribution in [0.5, 0.6) is 5.75 Å². The summed E-state index contributed by atoms with van der Waals surface area (Å²) in [5, 5.41) is 0. The molecule has 1 N–H and O–H groups in total. The largest absolute Gasteiger partial charge is 0.494 e. The SMILES string of the molecule is CCOc1ccc2nc(SNC(C)(C)C)sc2c1. The molecule has 5 heteroatoms. The summed E-state index contributed by atoms with van der Waals surface area (Å²) >= 11 is 3.28. The van der Waals surface area contributed by atoms with Gasteiger partial charge in [0.2, 0.25) is 0 Å². The Morgan fingerprint density at radius 2 is 2.17 bits per heavy atom. The highest BCUT2D eigenvalue weighted by molar-refractivity contribution is 7.99. The smallest absolute Gasteiger partial charge is 0.166 e. The third kappa shape index (κ3) is 3.60. The number of benzene rings is 1. The summed E-state index contributed by atoms with van der Waals surface area (Å²) in [5.74, 6) is 0.911. The molecule has 0 spiro atoms. The Bertz CT molecular complexity index is 531. The molecule has 0 bridgehead atoms. The van der Waals surface area contributed by atoms with Gasteiger partial charge in [-0.1, -0.05) is 0 Å². The van der Waals surface area contributed by atoms with E-state index in [2.05, 4.69) is 36.5 Å². The molecule has 18 heavy (non-hydrogen) atoms. The van der Waals surface area contributed by atoms with Gasteiger partial charge in [0.15, 0.2) is 4.34 Å². The Morgan fingerprint density at radius 3 is 2.83 bits per heavy atom. The first kappa shape index (κ1) is 13.6. The van der Waals surface area contributed by atoms with Crippen molar-refractivity contribution in [3.05, 3.63) is 18.2 Å². The van der Waals surface area contributed by atoms with Gasteiger partial charge in [0.25, 0.3) is 0 Å². The number of rotatable bonds is 4. The zero-order valence-corrected chi connectivity index (χ0v) is 12.7. The summed E-state index contributed by atoms with van der Waals surface area (Å²) in [4.78, 5) is 4.58. The van der Waals surface area contributed by atoms with E-state index in [1.54, 1.807) is 23.3 Å². The highest BCUT2D eigenvalue weighted by Gasteiger charge is 2.12. The lowest BCUT2D eigenvalue weighted by Crippen LogP contribution is -2.29. The van der Waals surface area contributed by atoms with E-state index in [1.165, 1.54) is 4.70 Å². The van der Waals surface area contributed by atoms with E-state index >= 15 is 0 Å². The molecule has 0 aliphatic carbocycles. The van der Waals surface area contributed by atoms with Crippen LogP contribution < -0.4 is 9.46 Å². The fourth-order valence-electron chi connectivity index (χ4n) is 1.38. The first-order valence-corrected chi connectivity index (χ1v) is 7.58. The summed E-state index contributed by atoms with van der Waals surface area (Å²) in [7, 11) is 0. The Morgan fingerprint density at radius 1 is 1.39 bits per heavy atom. The summed E-state index contributed by atoms with van der Waals surface area (Å²) in [6, 6.07) is 6.03. The highest BCUT2D eigenvalue weighted by atomic mass is 32.2. The number of thiazole rings is 1. The molecule has 0 saturated carbocycles. The van der Waals surface area contributed by atoms with Gasteiger partial charge in [-0.15, -0.1) is 11.3 Å². The maximum Gasteiger partial charge on any atom is 0.166 e. The van der Waals surface area contributed by atoms with Crippen LogP contribution in [0.3, 0.4) is 0 Å². The lowest BCUT2D eigenvalue weighted by molar-refractivity contribution is 0.341. The van der Waals surface area contributed by atoms with Crippen LogP contribution in [0.1, 0.15) is 27.7 Å². The average molecular weight is 282 g/mol. The molecule has 0 saturated heterocycles. The van der Waals surface area contributed by atoms with Crippen molar-refractivity contribution in [3.8, 4) is 5.75 Å². The molecule has 0 atom stereocenters. The van der Waals surface area contributed by atoms with Crippen molar-refractivity contribution >= 4 is 33.5 Å². The first-order valence-electron chi connectivity index (χ1n) is 5.95. The van der Waals surface area contributed by atoms with Gasteiger partial charge in [-0.2, -0.15) is 0 Å². The van der Waals surface area contributed by atoms with Gasteiger partial charge in [-0.25, -0.2) is 4.98 Å². The minimum atomic E-state index is 0.0823. The minimum absolute atomic E-state index is 0.0823. The van der Waals surface area contributed by atoms with Crippen LogP contribution in [0.2, 0.25) is 0 Å². The van der Waals surface area contributed by atoms with Crippen LogP contribution in [0, 0.1) is 0 Å². The molecule has 0 aliphatic rings. The quantitative estimate of drug-likeness (QED) is 0.856. The van der Waals surface area contributed by atoms with Crippen molar-refractivity contribution in [2.75, 3.05) is 6.61 Å². The Balaban J connectivity index is 2.16. The molecule has 0 fully saturated rings. The van der Waals surface area contributed by atoms with Crippen LogP contribution in [0.25, 0.3) is 10.2 Å². The number of aromatic nitrogens is 1. The Hall–Kier alpha value is -0.780. The number of hydrogen-bond donors (Lipinski definition) is 1. The van der Waals surface area contributed by atoms with Crippen molar-refractivity contribution in [1.29, 1.82) is 0 Å². The summed E-state index contributed by atoms with van der Waals surface area (Å²) in [6.45, 7) is 9.10. The molecule has 1 aromatic heterocycles. The standard InChI is InChI=1S/C13H18N2OS2/c1-5-16-9-6-7-10-11(8-9)17-12(14-10)18-15-13(2,3)4/h6-8,15H,5H2,1-4H3. The van der Waals surface area contributed by atoms with Gasteiger partial charge in [0.05, 0.1) is 16.8 Å². The van der Waals surface area contributed by atoms with Gasteiger partial charge < -0.3 is 4.74 Å². The predicted molar refractivity (Wildman–Crippen MR) is 79.5 cm³/mol. The molecule has 3 nitrogen and oxygen atoms in total. The fourth-order valence-corrected chi connectivity index (χ4v) is 3.20. The van der Waals surface area contributed by atoms with E-state index in [9.17, 15) is 0 Å². The summed E-state index contributed by atoms with van der Waals surface area (Å²) in [6.07, 6.45) is 0. The summed E-state index contributed by atoms with van der Waals surface area (Å²) < 4.78 is 11.1. The van der Waals surface area contributed by atoms with Crippen LogP contribution in [0.15, 0.2) is 22.5 Å². The van der Waals surface area contributed by atoms with E-state index in [-0.39, 0.29) is 5.54 Å². The van der Waals surface area contributed by atoms with Crippen molar-refractivity contribution < 1.29 is 4.74 Å². The third-order valence-electron chi connectivity index (χ3n) is 2.10. The monoisotopic (exact) mass is 282 g/mol. The predicted octanol–water partition coefficient (Wildman–Crippen LogP) is 4.09. The molecule has 2 rings (SSSR count). The lowest BCUT2D eigenvalue weighted by atomic mass is 10.1. The van der Waals surface area contributed by atoms with Crippen LogP contribution in [0.4, 0.5) is 0 Å². The van der Waals surface area contributed by atoms with Gasteiger partial charge in [-0.05, 0) is 57.8 Å². The molecular weight excluding hydrogens is 264 g/mol. The van der Waals surface area contributed by atoms with Crippen LogP contribution in [-0.4, -0.2) is 17.1 Å². The second-order valence-corrected chi connectivity index (χ2v) is 7.08.